The summed E-state index contributed by atoms with van der Waals surface area (Å²) < 4.78 is 0. The molecule has 0 fully saturated rings. The molecule has 1 N–H and O–H groups in total. The van der Waals surface area contributed by atoms with Gasteiger partial charge in [-0.1, -0.05) is 0 Å². The summed E-state index contributed by atoms with van der Waals surface area (Å²) in [5, 5.41) is 5.80. The molecule has 6 rings (SSSR count). The van der Waals surface area contributed by atoms with Crippen molar-refractivity contribution in [2.45, 2.75) is 0 Å². The van der Waals surface area contributed by atoms with E-state index < -0.39 is 0 Å². The molecule has 0 aliphatic carbocycles. The summed E-state index contributed by atoms with van der Waals surface area (Å²) in [6.45, 7) is 0. The number of nitrogens with one attached hydrogen (secondary N) is 1. The molecule has 0 radical (unpaired) electrons. The van der Waals surface area contributed by atoms with Gasteiger partial charge in [0, 0.05) is 48.1 Å². The van der Waals surface area contributed by atoms with E-state index in [-0.39, 0.29) is 0 Å². The molecular weight excluding hydrogens is 382 g/mol. The van der Waals surface area contributed by atoms with Gasteiger partial charge >= 0.3 is 0 Å². The summed E-state index contributed by atoms with van der Waals surface area (Å²) in [4.78, 5) is 17.4. The lowest BCUT2D eigenvalue weighted by molar-refractivity contribution is 1.31. The minimum Gasteiger partial charge on any atom is -0.339 e. The summed E-state index contributed by atoms with van der Waals surface area (Å²) in [5.74, 6) is 0.815. The molecule has 31 heavy (non-hydrogen) atoms. The van der Waals surface area contributed by atoms with E-state index in [2.05, 4.69) is 44.5 Å². The lowest BCUT2D eigenvalue weighted by Gasteiger charge is -2.21. The van der Waals surface area contributed by atoms with Crippen LogP contribution in [-0.2, 0) is 0 Å². The number of rotatable bonds is 3. The lowest BCUT2D eigenvalue weighted by Crippen LogP contribution is -2.16. The van der Waals surface area contributed by atoms with Crippen molar-refractivity contribution in [3.63, 3.8) is 0 Å². The topological polar surface area (TPSA) is 63.1 Å². The first-order valence-electron chi connectivity index (χ1n) is 10.0. The van der Waals surface area contributed by atoms with E-state index >= 15 is 0 Å². The van der Waals surface area contributed by atoms with Crippen molar-refractivity contribution in [2.75, 3.05) is 5.32 Å². The van der Waals surface area contributed by atoms with Crippen LogP contribution in [-0.4, -0.2) is 20.8 Å². The summed E-state index contributed by atoms with van der Waals surface area (Å²) in [6.07, 6.45) is 10.8. The van der Waals surface area contributed by atoms with E-state index in [9.17, 15) is 0 Å². The highest BCUT2D eigenvalue weighted by atomic mass is 15.0. The van der Waals surface area contributed by atoms with E-state index in [1.165, 1.54) is 0 Å². The van der Waals surface area contributed by atoms with E-state index in [0.29, 0.717) is 0 Å². The van der Waals surface area contributed by atoms with Crippen LogP contribution in [0.2, 0.25) is 0 Å². The molecule has 0 spiro atoms. The number of hydrogen-bond donors (Lipinski definition) is 1. The molecule has 1 aliphatic heterocycles. The standard InChI is InChI=1S/C26H17N5/c1-7-27-8-2-17(1)20-13-22-14-21(18-3-9-28-10-4-18)16-24-25(22)23(15-20)30-26(31-24)19-5-11-29-12-6-19/h1-16H,(H,30,31). The monoisotopic (exact) mass is 399 g/mol. The number of hydrogen-bond acceptors (Lipinski definition) is 5. The van der Waals surface area contributed by atoms with Crippen LogP contribution in [0.1, 0.15) is 5.56 Å². The Morgan fingerprint density at radius 3 is 1.61 bits per heavy atom. The zero-order chi connectivity index (χ0) is 20.6. The smallest absolute Gasteiger partial charge is 0.138 e. The van der Waals surface area contributed by atoms with Gasteiger partial charge in [0.25, 0.3) is 0 Å². The maximum absolute atomic E-state index is 4.97. The molecule has 5 heteroatoms. The molecule has 1 aliphatic rings. The van der Waals surface area contributed by atoms with E-state index in [1.807, 2.05) is 61.2 Å². The maximum atomic E-state index is 4.97. The number of amidine groups is 1. The van der Waals surface area contributed by atoms with Crippen LogP contribution in [0, 0.1) is 0 Å². The van der Waals surface area contributed by atoms with Crippen LogP contribution in [0.4, 0.5) is 11.4 Å². The van der Waals surface area contributed by atoms with Gasteiger partial charge in [0.15, 0.2) is 0 Å². The minimum atomic E-state index is 0.815. The van der Waals surface area contributed by atoms with Gasteiger partial charge in [0.2, 0.25) is 0 Å². The quantitative estimate of drug-likeness (QED) is 0.413. The molecule has 0 unspecified atom stereocenters. The normalized spacial score (nSPS) is 12.3. The van der Waals surface area contributed by atoms with Gasteiger partial charge in [0.1, 0.15) is 5.84 Å². The molecule has 4 heterocycles. The predicted molar refractivity (Wildman–Crippen MR) is 124 cm³/mol. The molecule has 3 aromatic heterocycles. The highest BCUT2D eigenvalue weighted by Crippen LogP contribution is 2.42. The van der Waals surface area contributed by atoms with Crippen LogP contribution in [0.25, 0.3) is 33.0 Å². The minimum absolute atomic E-state index is 0.815. The van der Waals surface area contributed by atoms with Gasteiger partial charge < -0.3 is 5.32 Å². The van der Waals surface area contributed by atoms with Crippen LogP contribution in [0.5, 0.6) is 0 Å². The van der Waals surface area contributed by atoms with E-state index in [1.54, 1.807) is 12.4 Å². The molecule has 5 nitrogen and oxygen atoms in total. The number of anilines is 1. The average Bonchev–Trinajstić information content (AvgIpc) is 2.85. The Balaban J connectivity index is 1.62. The van der Waals surface area contributed by atoms with E-state index in [4.69, 9.17) is 4.99 Å². The van der Waals surface area contributed by atoms with Crippen LogP contribution in [0.15, 0.2) is 103 Å². The number of aliphatic imine (C=N–C) groups is 1. The van der Waals surface area contributed by atoms with Gasteiger partial charge in [-0.05, 0) is 88.3 Å². The van der Waals surface area contributed by atoms with Gasteiger partial charge in [-0.25, -0.2) is 4.99 Å². The molecule has 0 bridgehead atoms. The summed E-state index contributed by atoms with van der Waals surface area (Å²) in [5.41, 5.74) is 7.47. The molecule has 0 atom stereocenters. The molecule has 0 saturated carbocycles. The zero-order valence-electron chi connectivity index (χ0n) is 16.5. The average molecular weight is 399 g/mol. The Bertz CT molecular complexity index is 1420. The number of benzene rings is 2. The first-order chi connectivity index (χ1) is 15.3. The fraction of sp³-hybridized carbons (Fsp3) is 0. The number of aromatic nitrogens is 3. The second-order valence-electron chi connectivity index (χ2n) is 7.41. The zero-order valence-corrected chi connectivity index (χ0v) is 16.5. The Morgan fingerprint density at radius 2 is 1.03 bits per heavy atom. The Morgan fingerprint density at radius 1 is 0.516 bits per heavy atom. The maximum Gasteiger partial charge on any atom is 0.138 e. The summed E-state index contributed by atoms with van der Waals surface area (Å²) in [6, 6.07) is 20.8. The van der Waals surface area contributed by atoms with Crippen molar-refractivity contribution in [3.8, 4) is 22.3 Å². The predicted octanol–water partition coefficient (Wildman–Crippen LogP) is 5.86. The molecule has 146 valence electrons. The Hall–Kier alpha value is -4.38. The van der Waals surface area contributed by atoms with E-state index in [0.717, 1.165) is 55.8 Å². The van der Waals surface area contributed by atoms with Crippen molar-refractivity contribution in [2.24, 2.45) is 4.99 Å². The van der Waals surface area contributed by atoms with Crippen LogP contribution < -0.4 is 5.32 Å². The summed E-state index contributed by atoms with van der Waals surface area (Å²) >= 11 is 0. The fourth-order valence-corrected chi connectivity index (χ4v) is 4.02. The second kappa shape index (κ2) is 7.15. The largest absolute Gasteiger partial charge is 0.339 e. The van der Waals surface area contributed by atoms with Crippen molar-refractivity contribution in [1.82, 2.24) is 15.0 Å². The van der Waals surface area contributed by atoms with Gasteiger partial charge in [-0.2, -0.15) is 0 Å². The van der Waals surface area contributed by atoms with Gasteiger partial charge in [-0.3, -0.25) is 15.0 Å². The van der Waals surface area contributed by atoms with Crippen LogP contribution >= 0.6 is 0 Å². The third kappa shape index (κ3) is 3.13. The molecular formula is C26H17N5. The highest BCUT2D eigenvalue weighted by Gasteiger charge is 2.19. The van der Waals surface area contributed by atoms with Gasteiger partial charge in [0.05, 0.1) is 11.4 Å². The van der Waals surface area contributed by atoms with Crippen molar-refractivity contribution in [3.05, 3.63) is 103 Å². The first kappa shape index (κ1) is 17.5. The lowest BCUT2D eigenvalue weighted by atomic mass is 9.94. The Labute approximate surface area is 179 Å². The molecule has 0 saturated heterocycles. The number of nitrogens with zero attached hydrogens (tertiary/aromatic N) is 4. The first-order valence-corrected chi connectivity index (χ1v) is 10.0. The highest BCUT2D eigenvalue weighted by molar-refractivity contribution is 6.20. The Kier molecular flexibility index (Phi) is 4.03. The molecule has 2 aromatic carbocycles. The third-order valence-corrected chi connectivity index (χ3v) is 5.49. The van der Waals surface area contributed by atoms with Crippen LogP contribution in [0.3, 0.4) is 0 Å². The van der Waals surface area contributed by atoms with Crippen molar-refractivity contribution >= 4 is 28.0 Å². The third-order valence-electron chi connectivity index (χ3n) is 5.49. The fourth-order valence-electron chi connectivity index (χ4n) is 4.02. The molecule has 0 amide bonds. The van der Waals surface area contributed by atoms with Crippen molar-refractivity contribution < 1.29 is 0 Å². The second-order valence-corrected chi connectivity index (χ2v) is 7.41. The van der Waals surface area contributed by atoms with Crippen molar-refractivity contribution in [1.29, 1.82) is 0 Å². The number of pyridine rings is 3. The molecule has 5 aromatic rings. The SMILES string of the molecule is c1cc(C2=Nc3cc(-c4ccncc4)cc4cc(-c5ccncc5)cc(c34)N2)ccn1. The van der Waals surface area contributed by atoms with Gasteiger partial charge in [-0.15, -0.1) is 0 Å². The summed E-state index contributed by atoms with van der Waals surface area (Å²) in [7, 11) is 0.